The van der Waals surface area contributed by atoms with Crippen LogP contribution < -0.4 is 24.4 Å². The molecule has 9 heteroatoms. The van der Waals surface area contributed by atoms with Gasteiger partial charge in [0.2, 0.25) is 0 Å². The van der Waals surface area contributed by atoms with E-state index in [0.717, 1.165) is 20.8 Å². The number of rotatable bonds is 8. The van der Waals surface area contributed by atoms with Crippen LogP contribution in [0, 0.1) is 0 Å². The van der Waals surface area contributed by atoms with Crippen LogP contribution in [0.5, 0.6) is 11.5 Å². The summed E-state index contributed by atoms with van der Waals surface area (Å²) in [6.45, 7) is 7.78. The summed E-state index contributed by atoms with van der Waals surface area (Å²) in [6.07, 6.45) is 3.49. The van der Waals surface area contributed by atoms with Gasteiger partial charge in [-0.2, -0.15) is 0 Å². The molecule has 1 aromatic heterocycles. The van der Waals surface area contributed by atoms with E-state index in [2.05, 4.69) is 22.5 Å². The largest absolute Gasteiger partial charge is 0.496 e. The van der Waals surface area contributed by atoms with E-state index in [9.17, 15) is 9.59 Å². The Hall–Kier alpha value is -3.95. The van der Waals surface area contributed by atoms with Gasteiger partial charge in [0.15, 0.2) is 4.80 Å². The lowest BCUT2D eigenvalue weighted by atomic mass is 9.90. The number of halogens is 1. The van der Waals surface area contributed by atoms with Gasteiger partial charge in [0.05, 0.1) is 34.0 Å². The zero-order chi connectivity index (χ0) is 28.4. The van der Waals surface area contributed by atoms with Gasteiger partial charge in [0, 0.05) is 5.56 Å². The van der Waals surface area contributed by atoms with Crippen molar-refractivity contribution in [3.8, 4) is 11.5 Å². The Balaban J connectivity index is 1.76. The maximum atomic E-state index is 14.1. The molecule has 0 amide bonds. The first-order valence-corrected chi connectivity index (χ1v) is 14.3. The van der Waals surface area contributed by atoms with Crippen molar-refractivity contribution in [1.82, 2.24) is 4.57 Å². The molecular formula is C31H27BrN2O5S. The summed E-state index contributed by atoms with van der Waals surface area (Å²) in [4.78, 5) is 32.6. The summed E-state index contributed by atoms with van der Waals surface area (Å²) < 4.78 is 19.7. The van der Waals surface area contributed by atoms with Crippen LogP contribution in [0.25, 0.3) is 16.8 Å². The number of esters is 1. The van der Waals surface area contributed by atoms with Gasteiger partial charge in [-0.3, -0.25) is 9.36 Å². The molecule has 0 spiro atoms. The summed E-state index contributed by atoms with van der Waals surface area (Å²) >= 11 is 4.81. The van der Waals surface area contributed by atoms with Crippen molar-refractivity contribution in [3.05, 3.63) is 114 Å². The lowest BCUT2D eigenvalue weighted by molar-refractivity contribution is -0.139. The van der Waals surface area contributed by atoms with E-state index >= 15 is 0 Å². The van der Waals surface area contributed by atoms with E-state index in [1.807, 2.05) is 60.7 Å². The predicted octanol–water partition coefficient (Wildman–Crippen LogP) is 5.29. The summed E-state index contributed by atoms with van der Waals surface area (Å²) in [5, 5.41) is 1.83. The van der Waals surface area contributed by atoms with Crippen LogP contribution in [0.4, 0.5) is 0 Å². The highest BCUT2D eigenvalue weighted by Gasteiger charge is 2.36. The Morgan fingerprint density at radius 2 is 1.95 bits per heavy atom. The molecule has 1 atom stereocenters. The number of ether oxygens (including phenoxy) is 3. The van der Waals surface area contributed by atoms with Crippen LogP contribution in [0.2, 0.25) is 0 Å². The molecule has 40 heavy (non-hydrogen) atoms. The van der Waals surface area contributed by atoms with E-state index in [-0.39, 0.29) is 12.2 Å². The maximum absolute atomic E-state index is 14.1. The number of carbonyl (C=O) groups is 1. The lowest BCUT2D eigenvalue weighted by Gasteiger charge is -2.27. The number of nitrogens with zero attached hydrogens (tertiary/aromatic N) is 2. The van der Waals surface area contributed by atoms with E-state index in [0.29, 0.717) is 44.3 Å². The second-order valence-corrected chi connectivity index (χ2v) is 10.9. The molecule has 0 aliphatic carbocycles. The first-order valence-electron chi connectivity index (χ1n) is 12.7. The molecule has 5 rings (SSSR count). The zero-order valence-electron chi connectivity index (χ0n) is 22.3. The number of aromatic nitrogens is 1. The first kappa shape index (κ1) is 27.6. The molecule has 0 radical (unpaired) electrons. The number of benzene rings is 3. The monoisotopic (exact) mass is 618 g/mol. The van der Waals surface area contributed by atoms with Crippen LogP contribution in [0.15, 0.2) is 92.8 Å². The molecule has 0 bridgehead atoms. The molecule has 0 saturated heterocycles. The lowest BCUT2D eigenvalue weighted by Crippen LogP contribution is -2.40. The number of methoxy groups -OCH3 is 1. The van der Waals surface area contributed by atoms with Crippen LogP contribution in [-0.4, -0.2) is 30.9 Å². The molecule has 0 N–H and O–H groups in total. The van der Waals surface area contributed by atoms with Crippen molar-refractivity contribution in [1.29, 1.82) is 0 Å². The van der Waals surface area contributed by atoms with E-state index in [4.69, 9.17) is 19.2 Å². The van der Waals surface area contributed by atoms with Gasteiger partial charge in [-0.15, -0.1) is 0 Å². The Morgan fingerprint density at radius 3 is 2.67 bits per heavy atom. The Kier molecular flexibility index (Phi) is 8.04. The Bertz CT molecular complexity index is 1850. The van der Waals surface area contributed by atoms with Crippen molar-refractivity contribution in [2.45, 2.75) is 19.9 Å². The van der Waals surface area contributed by atoms with Gasteiger partial charge in [-0.05, 0) is 70.4 Å². The van der Waals surface area contributed by atoms with Crippen molar-refractivity contribution in [3.63, 3.8) is 0 Å². The van der Waals surface area contributed by atoms with E-state index in [1.54, 1.807) is 31.6 Å². The average Bonchev–Trinajstić information content (AvgIpc) is 3.25. The van der Waals surface area contributed by atoms with Crippen molar-refractivity contribution in [2.75, 3.05) is 20.3 Å². The SMILES string of the molecule is C=CCOc1ccc(/C=c2/sc3n(c2=O)[C@@H](c2c(OC)ccc4ccccc24)C(C(=O)OCC)=C(C)N=3)cc1Br. The van der Waals surface area contributed by atoms with Crippen molar-refractivity contribution >= 4 is 50.1 Å². The third kappa shape index (κ3) is 5.02. The van der Waals surface area contributed by atoms with Crippen molar-refractivity contribution < 1.29 is 19.0 Å². The summed E-state index contributed by atoms with van der Waals surface area (Å²) in [5.74, 6) is 0.724. The molecule has 0 saturated carbocycles. The second kappa shape index (κ2) is 11.7. The normalized spacial score (nSPS) is 15.0. The average molecular weight is 620 g/mol. The third-order valence-corrected chi connectivity index (χ3v) is 8.15. The molecule has 1 aliphatic rings. The molecule has 7 nitrogen and oxygen atoms in total. The third-order valence-electron chi connectivity index (χ3n) is 6.55. The summed E-state index contributed by atoms with van der Waals surface area (Å²) in [6, 6.07) is 16.5. The van der Waals surface area contributed by atoms with Crippen LogP contribution in [0.1, 0.15) is 31.0 Å². The molecule has 3 aromatic carbocycles. The predicted molar refractivity (Wildman–Crippen MR) is 161 cm³/mol. The fourth-order valence-corrected chi connectivity index (χ4v) is 6.38. The molecule has 2 heterocycles. The fraction of sp³-hybridized carbons (Fsp3) is 0.194. The minimum absolute atomic E-state index is 0.195. The number of hydrogen-bond acceptors (Lipinski definition) is 7. The number of allylic oxidation sites excluding steroid dienone is 1. The highest BCUT2D eigenvalue weighted by Crippen LogP contribution is 2.40. The van der Waals surface area contributed by atoms with Crippen LogP contribution in [0.3, 0.4) is 0 Å². The maximum Gasteiger partial charge on any atom is 0.338 e. The van der Waals surface area contributed by atoms with Crippen molar-refractivity contribution in [2.24, 2.45) is 4.99 Å². The van der Waals surface area contributed by atoms with Gasteiger partial charge >= 0.3 is 5.97 Å². The van der Waals surface area contributed by atoms with E-state index < -0.39 is 12.0 Å². The first-order chi connectivity index (χ1) is 19.4. The van der Waals surface area contributed by atoms with Gasteiger partial charge in [-0.25, -0.2) is 9.79 Å². The minimum Gasteiger partial charge on any atom is -0.496 e. The molecule has 204 valence electrons. The molecular weight excluding hydrogens is 592 g/mol. The molecule has 0 unspecified atom stereocenters. The topological polar surface area (TPSA) is 79.1 Å². The number of carbonyl (C=O) groups excluding carboxylic acids is 1. The van der Waals surface area contributed by atoms with Gasteiger partial charge in [0.1, 0.15) is 24.1 Å². The fourth-order valence-electron chi connectivity index (χ4n) is 4.82. The molecule has 1 aliphatic heterocycles. The van der Waals surface area contributed by atoms with Crippen LogP contribution in [-0.2, 0) is 9.53 Å². The summed E-state index contributed by atoms with van der Waals surface area (Å²) in [7, 11) is 1.58. The second-order valence-electron chi connectivity index (χ2n) is 8.99. The van der Waals surface area contributed by atoms with Gasteiger partial charge in [-0.1, -0.05) is 60.4 Å². The van der Waals surface area contributed by atoms with Crippen LogP contribution >= 0.6 is 27.3 Å². The van der Waals surface area contributed by atoms with E-state index in [1.165, 1.54) is 11.3 Å². The molecule has 4 aromatic rings. The van der Waals surface area contributed by atoms with Gasteiger partial charge < -0.3 is 14.2 Å². The molecule has 0 fully saturated rings. The number of thiazole rings is 1. The Labute approximate surface area is 243 Å². The summed E-state index contributed by atoms with van der Waals surface area (Å²) in [5.41, 5.74) is 2.06. The van der Waals surface area contributed by atoms with Gasteiger partial charge in [0.25, 0.3) is 5.56 Å². The zero-order valence-corrected chi connectivity index (χ0v) is 24.7. The highest BCUT2D eigenvalue weighted by atomic mass is 79.9. The Morgan fingerprint density at radius 1 is 1.18 bits per heavy atom. The quantitative estimate of drug-likeness (QED) is 0.198. The number of hydrogen-bond donors (Lipinski definition) is 0. The smallest absolute Gasteiger partial charge is 0.338 e. The minimum atomic E-state index is -0.792. The standard InChI is InChI=1S/C31H27BrN2O5S/c1-5-15-39-23-13-11-19(16-22(23)32)17-25-29(35)34-28(26(30(36)38-6-2)18(3)33-31(34)40-25)27-21-10-8-7-9-20(21)12-14-24(27)37-4/h5,7-14,16-17,28H,1,6,15H2,2-4H3/b25-17+/t28-/m1/s1. The highest BCUT2D eigenvalue weighted by molar-refractivity contribution is 9.10. The number of fused-ring (bicyclic) bond motifs is 2.